The number of benzene rings is 2. The Balaban J connectivity index is 2.15. The van der Waals surface area contributed by atoms with Gasteiger partial charge in [0.1, 0.15) is 5.82 Å². The average molecular weight is 310 g/mol. The molecule has 2 rings (SSSR count). The van der Waals surface area contributed by atoms with E-state index in [1.54, 1.807) is 19.2 Å². The normalized spacial score (nSPS) is 10.3. The molecule has 0 atom stereocenters. The van der Waals surface area contributed by atoms with Crippen LogP contribution < -0.4 is 14.8 Å². The monoisotopic (exact) mass is 309 g/mol. The molecule has 0 aromatic heterocycles. The van der Waals surface area contributed by atoms with Gasteiger partial charge in [0, 0.05) is 17.8 Å². The number of rotatable bonds is 6. The molecule has 2 aromatic carbocycles. The van der Waals surface area contributed by atoms with Gasteiger partial charge in [0.2, 0.25) is 0 Å². The molecule has 0 saturated heterocycles. The largest absolute Gasteiger partial charge is 0.493 e. The third-order valence-electron chi connectivity index (χ3n) is 2.97. The van der Waals surface area contributed by atoms with Crippen LogP contribution in [0.2, 0.25) is 5.02 Å². The van der Waals surface area contributed by atoms with Crippen molar-refractivity contribution in [3.05, 3.63) is 52.8 Å². The van der Waals surface area contributed by atoms with Gasteiger partial charge in [0.15, 0.2) is 11.5 Å². The van der Waals surface area contributed by atoms with E-state index in [2.05, 4.69) is 5.32 Å². The molecule has 0 saturated carbocycles. The molecule has 112 valence electrons. The average Bonchev–Trinajstić information content (AvgIpc) is 2.49. The van der Waals surface area contributed by atoms with Gasteiger partial charge in [-0.2, -0.15) is 0 Å². The highest BCUT2D eigenvalue weighted by molar-refractivity contribution is 6.31. The Morgan fingerprint density at radius 3 is 2.71 bits per heavy atom. The van der Waals surface area contributed by atoms with E-state index in [0.717, 1.165) is 11.3 Å². The topological polar surface area (TPSA) is 30.5 Å². The molecule has 0 fully saturated rings. The van der Waals surface area contributed by atoms with E-state index in [0.29, 0.717) is 24.7 Å². The maximum Gasteiger partial charge on any atom is 0.165 e. The van der Waals surface area contributed by atoms with E-state index in [9.17, 15) is 4.39 Å². The van der Waals surface area contributed by atoms with Crippen molar-refractivity contribution in [1.29, 1.82) is 0 Å². The minimum Gasteiger partial charge on any atom is -0.493 e. The Morgan fingerprint density at radius 2 is 2.05 bits per heavy atom. The summed E-state index contributed by atoms with van der Waals surface area (Å²) in [5, 5.41) is 3.28. The van der Waals surface area contributed by atoms with Gasteiger partial charge in [-0.3, -0.25) is 0 Å². The van der Waals surface area contributed by atoms with Crippen LogP contribution in [0, 0.1) is 5.82 Å². The van der Waals surface area contributed by atoms with Crippen LogP contribution in [0.25, 0.3) is 0 Å². The van der Waals surface area contributed by atoms with Crippen LogP contribution in [-0.2, 0) is 6.54 Å². The summed E-state index contributed by atoms with van der Waals surface area (Å²) in [7, 11) is 1.61. The van der Waals surface area contributed by atoms with Crippen molar-refractivity contribution < 1.29 is 13.9 Å². The second-order valence-corrected chi connectivity index (χ2v) is 4.77. The molecular formula is C16H17ClFNO2. The first kappa shape index (κ1) is 15.4. The third-order valence-corrected chi connectivity index (χ3v) is 3.26. The van der Waals surface area contributed by atoms with Crippen molar-refractivity contribution in [1.82, 2.24) is 0 Å². The predicted octanol–water partition coefficient (Wildman–Crippen LogP) is 4.50. The molecular weight excluding hydrogens is 293 g/mol. The van der Waals surface area contributed by atoms with Gasteiger partial charge < -0.3 is 14.8 Å². The number of halogens is 2. The lowest BCUT2D eigenvalue weighted by atomic mass is 10.1. The highest BCUT2D eigenvalue weighted by Crippen LogP contribution is 2.31. The number of hydrogen-bond acceptors (Lipinski definition) is 3. The molecule has 0 radical (unpaired) electrons. The predicted molar refractivity (Wildman–Crippen MR) is 82.9 cm³/mol. The first-order valence-corrected chi connectivity index (χ1v) is 7.01. The summed E-state index contributed by atoms with van der Waals surface area (Å²) in [5.74, 6) is 0.967. The van der Waals surface area contributed by atoms with Crippen molar-refractivity contribution in [2.24, 2.45) is 0 Å². The van der Waals surface area contributed by atoms with Crippen LogP contribution in [0.5, 0.6) is 11.5 Å². The third kappa shape index (κ3) is 3.79. The lowest BCUT2D eigenvalue weighted by molar-refractivity contribution is 0.309. The summed E-state index contributed by atoms with van der Waals surface area (Å²) in [6, 6.07) is 10.2. The summed E-state index contributed by atoms with van der Waals surface area (Å²) in [5.41, 5.74) is 1.69. The van der Waals surface area contributed by atoms with E-state index in [1.165, 1.54) is 6.07 Å². The zero-order valence-electron chi connectivity index (χ0n) is 12.0. The second-order valence-electron chi connectivity index (χ2n) is 4.36. The Hall–Kier alpha value is -1.94. The Labute approximate surface area is 128 Å². The summed E-state index contributed by atoms with van der Waals surface area (Å²) >= 11 is 5.76. The van der Waals surface area contributed by atoms with Crippen molar-refractivity contribution in [3.63, 3.8) is 0 Å². The number of hydrogen-bond donors (Lipinski definition) is 1. The Morgan fingerprint density at radius 1 is 1.24 bits per heavy atom. The Bertz CT molecular complexity index is 619. The number of anilines is 1. The van der Waals surface area contributed by atoms with Gasteiger partial charge in [-0.1, -0.05) is 23.7 Å². The zero-order valence-corrected chi connectivity index (χ0v) is 12.7. The number of nitrogens with one attached hydrogen (secondary N) is 1. The molecule has 3 nitrogen and oxygen atoms in total. The summed E-state index contributed by atoms with van der Waals surface area (Å²) < 4.78 is 24.1. The minimum absolute atomic E-state index is 0.0926. The van der Waals surface area contributed by atoms with Gasteiger partial charge in [0.25, 0.3) is 0 Å². The van der Waals surface area contributed by atoms with E-state index >= 15 is 0 Å². The van der Waals surface area contributed by atoms with Crippen molar-refractivity contribution in [2.75, 3.05) is 19.0 Å². The smallest absolute Gasteiger partial charge is 0.165 e. The van der Waals surface area contributed by atoms with E-state index in [-0.39, 0.29) is 5.02 Å². The molecule has 0 amide bonds. The van der Waals surface area contributed by atoms with Gasteiger partial charge in [-0.05, 0) is 31.2 Å². The van der Waals surface area contributed by atoms with Crippen molar-refractivity contribution >= 4 is 17.3 Å². The molecule has 0 spiro atoms. The fraction of sp³-hybridized carbons (Fsp3) is 0.250. The minimum atomic E-state index is -0.432. The fourth-order valence-corrected chi connectivity index (χ4v) is 2.19. The lowest BCUT2D eigenvalue weighted by Gasteiger charge is -2.14. The molecule has 0 aliphatic rings. The maximum atomic E-state index is 13.1. The quantitative estimate of drug-likeness (QED) is 0.852. The molecule has 2 aromatic rings. The highest BCUT2D eigenvalue weighted by Gasteiger charge is 2.10. The molecule has 0 bridgehead atoms. The van der Waals surface area contributed by atoms with Gasteiger partial charge in [-0.15, -0.1) is 0 Å². The van der Waals surface area contributed by atoms with Crippen LogP contribution in [0.1, 0.15) is 12.5 Å². The number of ether oxygens (including phenoxy) is 2. The van der Waals surface area contributed by atoms with Gasteiger partial charge in [0.05, 0.1) is 18.7 Å². The van der Waals surface area contributed by atoms with Crippen molar-refractivity contribution in [3.8, 4) is 11.5 Å². The van der Waals surface area contributed by atoms with E-state index in [4.69, 9.17) is 21.1 Å². The number of para-hydroxylation sites is 1. The van der Waals surface area contributed by atoms with Gasteiger partial charge >= 0.3 is 0 Å². The molecule has 1 N–H and O–H groups in total. The molecule has 0 heterocycles. The first-order chi connectivity index (χ1) is 10.2. The maximum absolute atomic E-state index is 13.1. The zero-order chi connectivity index (χ0) is 15.2. The fourth-order valence-electron chi connectivity index (χ4n) is 2.00. The van der Waals surface area contributed by atoms with Crippen LogP contribution in [0.3, 0.4) is 0 Å². The highest BCUT2D eigenvalue weighted by atomic mass is 35.5. The van der Waals surface area contributed by atoms with Crippen LogP contribution in [-0.4, -0.2) is 13.7 Å². The number of methoxy groups -OCH3 is 1. The lowest BCUT2D eigenvalue weighted by Crippen LogP contribution is -2.04. The van der Waals surface area contributed by atoms with Crippen molar-refractivity contribution in [2.45, 2.75) is 13.5 Å². The first-order valence-electron chi connectivity index (χ1n) is 6.63. The molecule has 0 unspecified atom stereocenters. The molecule has 0 aliphatic heterocycles. The van der Waals surface area contributed by atoms with E-state index < -0.39 is 5.82 Å². The summed E-state index contributed by atoms with van der Waals surface area (Å²) in [6.07, 6.45) is 0. The van der Waals surface area contributed by atoms with Crippen LogP contribution in [0.15, 0.2) is 36.4 Å². The molecule has 5 heteroatoms. The van der Waals surface area contributed by atoms with Crippen LogP contribution in [0.4, 0.5) is 10.1 Å². The van der Waals surface area contributed by atoms with E-state index in [1.807, 2.05) is 25.1 Å². The Kier molecular flexibility index (Phi) is 5.28. The second kappa shape index (κ2) is 7.18. The summed E-state index contributed by atoms with van der Waals surface area (Å²) in [4.78, 5) is 0. The SMILES string of the molecule is CCOc1cccc(CNc2ccc(F)c(Cl)c2)c1OC. The molecule has 21 heavy (non-hydrogen) atoms. The van der Waals surface area contributed by atoms with Gasteiger partial charge in [-0.25, -0.2) is 4.39 Å². The summed E-state index contributed by atoms with van der Waals surface area (Å²) in [6.45, 7) is 3.01. The molecule has 0 aliphatic carbocycles. The van der Waals surface area contributed by atoms with Crippen LogP contribution >= 0.6 is 11.6 Å². The standard InChI is InChI=1S/C16H17ClFNO2/c1-3-21-15-6-4-5-11(16(15)20-2)10-19-12-7-8-14(18)13(17)9-12/h4-9,19H,3,10H2,1-2H3.